The highest BCUT2D eigenvalue weighted by Crippen LogP contribution is 2.33. The van der Waals surface area contributed by atoms with Gasteiger partial charge in [0.2, 0.25) is 0 Å². The smallest absolute Gasteiger partial charge is 0.136 e. The van der Waals surface area contributed by atoms with Crippen LogP contribution in [0, 0.1) is 0 Å². The lowest BCUT2D eigenvalue weighted by Gasteiger charge is -2.10. The average Bonchev–Trinajstić information content (AvgIpc) is 3.05. The van der Waals surface area contributed by atoms with Crippen molar-refractivity contribution in [3.8, 4) is 0 Å². The van der Waals surface area contributed by atoms with Crippen molar-refractivity contribution in [3.05, 3.63) is 78.4 Å². The molecule has 0 saturated carbocycles. The van der Waals surface area contributed by atoms with Crippen molar-refractivity contribution in [2.24, 2.45) is 5.10 Å². The number of hydrogen-bond donors (Lipinski definition) is 1. The summed E-state index contributed by atoms with van der Waals surface area (Å²) in [7, 11) is 0. The summed E-state index contributed by atoms with van der Waals surface area (Å²) >= 11 is 0. The molecule has 0 spiro atoms. The topological polar surface area (TPSA) is 37.5 Å². The maximum Gasteiger partial charge on any atom is 0.136 e. The molecule has 1 aliphatic carbocycles. The normalized spacial score (nSPS) is 14.8. The summed E-state index contributed by atoms with van der Waals surface area (Å²) in [5.74, 6) is 0. The van der Waals surface area contributed by atoms with E-state index in [0.717, 1.165) is 51.8 Å². The first-order valence-electron chi connectivity index (χ1n) is 8.51. The Morgan fingerprint density at radius 2 is 1.92 bits per heavy atom. The molecule has 0 unspecified atom stereocenters. The van der Waals surface area contributed by atoms with Crippen LogP contribution in [-0.2, 0) is 0 Å². The van der Waals surface area contributed by atoms with Crippen molar-refractivity contribution in [2.75, 3.05) is 0 Å². The monoisotopic (exact) mass is 328 g/mol. The molecule has 1 N–H and O–H groups in total. The number of para-hydroxylation sites is 1. The van der Waals surface area contributed by atoms with Crippen LogP contribution in [0.3, 0.4) is 0 Å². The third kappa shape index (κ3) is 2.89. The molecule has 124 valence electrons. The Bertz CT molecular complexity index is 1050. The molecule has 3 aromatic rings. The van der Waals surface area contributed by atoms with Crippen LogP contribution in [0.2, 0.25) is 0 Å². The van der Waals surface area contributed by atoms with Crippen molar-refractivity contribution in [1.29, 1.82) is 0 Å². The van der Waals surface area contributed by atoms with Crippen LogP contribution in [0.25, 0.3) is 27.6 Å². The average molecular weight is 328 g/mol. The van der Waals surface area contributed by atoms with E-state index >= 15 is 0 Å². The number of allylic oxidation sites excluding steroid dienone is 4. The van der Waals surface area contributed by atoms with Gasteiger partial charge in [0.25, 0.3) is 0 Å². The maximum atomic E-state index is 5.94. The van der Waals surface area contributed by atoms with Gasteiger partial charge in [0.05, 0.1) is 11.4 Å². The standard InChI is InChI=1S/C22H20N2O/c1-15(17-9-4-3-5-10-17)23-24-16(2)18-12-8-14-21-22(18)19-11-6-7-13-20(19)25-21/h4,6-14,24H,2-3,5H2,1H3/b23-15+. The van der Waals surface area contributed by atoms with Crippen LogP contribution in [0.1, 0.15) is 25.3 Å². The summed E-state index contributed by atoms with van der Waals surface area (Å²) < 4.78 is 5.94. The van der Waals surface area contributed by atoms with E-state index in [1.807, 2.05) is 43.3 Å². The van der Waals surface area contributed by atoms with Crippen LogP contribution >= 0.6 is 0 Å². The van der Waals surface area contributed by atoms with Crippen LogP contribution in [-0.4, -0.2) is 5.71 Å². The molecule has 25 heavy (non-hydrogen) atoms. The van der Waals surface area contributed by atoms with E-state index in [9.17, 15) is 0 Å². The molecular weight excluding hydrogens is 308 g/mol. The zero-order valence-electron chi connectivity index (χ0n) is 14.3. The predicted molar refractivity (Wildman–Crippen MR) is 105 cm³/mol. The molecule has 0 atom stereocenters. The highest BCUT2D eigenvalue weighted by atomic mass is 16.3. The number of nitrogens with one attached hydrogen (secondary N) is 1. The van der Waals surface area contributed by atoms with Crippen LogP contribution in [0.15, 0.2) is 82.4 Å². The fourth-order valence-corrected chi connectivity index (χ4v) is 3.18. The Labute approximate surface area is 147 Å². The summed E-state index contributed by atoms with van der Waals surface area (Å²) in [4.78, 5) is 0. The Hall–Kier alpha value is -3.07. The largest absolute Gasteiger partial charge is 0.456 e. The number of fused-ring (bicyclic) bond motifs is 3. The predicted octanol–water partition coefficient (Wildman–Crippen LogP) is 5.80. The van der Waals surface area contributed by atoms with Gasteiger partial charge in [-0.05, 0) is 37.5 Å². The highest BCUT2D eigenvalue weighted by Gasteiger charge is 2.12. The second-order valence-corrected chi connectivity index (χ2v) is 6.20. The van der Waals surface area contributed by atoms with Crippen molar-refractivity contribution in [2.45, 2.75) is 19.8 Å². The molecule has 0 fully saturated rings. The van der Waals surface area contributed by atoms with Gasteiger partial charge in [-0.15, -0.1) is 0 Å². The molecule has 4 rings (SSSR count). The molecule has 1 aliphatic rings. The third-order valence-corrected chi connectivity index (χ3v) is 4.50. The molecule has 0 bridgehead atoms. The van der Waals surface area contributed by atoms with Gasteiger partial charge in [-0.3, -0.25) is 5.43 Å². The first-order valence-corrected chi connectivity index (χ1v) is 8.51. The van der Waals surface area contributed by atoms with E-state index in [0.29, 0.717) is 0 Å². The minimum absolute atomic E-state index is 0.761. The lowest BCUT2D eigenvalue weighted by atomic mass is 10.0. The lowest BCUT2D eigenvalue weighted by molar-refractivity contribution is 0.669. The maximum absolute atomic E-state index is 5.94. The van der Waals surface area contributed by atoms with E-state index in [2.05, 4.69) is 41.4 Å². The number of nitrogens with zero attached hydrogens (tertiary/aromatic N) is 1. The third-order valence-electron chi connectivity index (χ3n) is 4.50. The molecule has 3 heteroatoms. The van der Waals surface area contributed by atoms with Crippen LogP contribution in [0.5, 0.6) is 0 Å². The lowest BCUT2D eigenvalue weighted by Crippen LogP contribution is -2.08. The summed E-state index contributed by atoms with van der Waals surface area (Å²) in [6, 6.07) is 14.1. The number of hydrazone groups is 1. The van der Waals surface area contributed by atoms with E-state index in [-0.39, 0.29) is 0 Å². The van der Waals surface area contributed by atoms with Crippen molar-refractivity contribution >= 4 is 33.3 Å². The van der Waals surface area contributed by atoms with Gasteiger partial charge >= 0.3 is 0 Å². The Balaban J connectivity index is 1.68. The van der Waals surface area contributed by atoms with Crippen molar-refractivity contribution in [1.82, 2.24) is 5.43 Å². The first kappa shape index (κ1) is 15.5. The SMILES string of the molecule is C=C(N/N=C(\C)C1=CCCC=C1)c1cccc2oc3ccccc3c12. The molecule has 0 radical (unpaired) electrons. The fourth-order valence-electron chi connectivity index (χ4n) is 3.18. The molecule has 0 aliphatic heterocycles. The highest BCUT2D eigenvalue weighted by molar-refractivity contribution is 6.10. The van der Waals surface area contributed by atoms with Gasteiger partial charge in [-0.1, -0.05) is 55.1 Å². The summed E-state index contributed by atoms with van der Waals surface area (Å²) in [6.45, 7) is 6.19. The van der Waals surface area contributed by atoms with Gasteiger partial charge in [0.1, 0.15) is 11.2 Å². The van der Waals surface area contributed by atoms with E-state index in [1.54, 1.807) is 0 Å². The van der Waals surface area contributed by atoms with Crippen molar-refractivity contribution in [3.63, 3.8) is 0 Å². The molecular formula is C22H20N2O. The zero-order valence-corrected chi connectivity index (χ0v) is 14.3. The first-order chi connectivity index (χ1) is 12.2. The van der Waals surface area contributed by atoms with Gasteiger partial charge in [0, 0.05) is 16.3 Å². The Morgan fingerprint density at radius 1 is 1.08 bits per heavy atom. The molecule has 0 saturated heterocycles. The minimum atomic E-state index is 0.761. The summed E-state index contributed by atoms with van der Waals surface area (Å²) in [5.41, 5.74) is 8.76. The number of furan rings is 1. The van der Waals surface area contributed by atoms with Gasteiger partial charge in [0.15, 0.2) is 0 Å². The number of rotatable bonds is 4. The zero-order chi connectivity index (χ0) is 17.2. The minimum Gasteiger partial charge on any atom is -0.456 e. The van der Waals surface area contributed by atoms with Crippen molar-refractivity contribution < 1.29 is 4.42 Å². The second kappa shape index (κ2) is 6.44. The Morgan fingerprint density at radius 3 is 2.76 bits per heavy atom. The second-order valence-electron chi connectivity index (χ2n) is 6.20. The molecule has 1 heterocycles. The van der Waals surface area contributed by atoms with E-state index < -0.39 is 0 Å². The van der Waals surface area contributed by atoms with Gasteiger partial charge in [-0.2, -0.15) is 5.10 Å². The molecule has 3 nitrogen and oxygen atoms in total. The molecule has 0 amide bonds. The molecule has 1 aromatic heterocycles. The van der Waals surface area contributed by atoms with E-state index in [1.165, 1.54) is 5.57 Å². The van der Waals surface area contributed by atoms with Crippen LogP contribution in [0.4, 0.5) is 0 Å². The van der Waals surface area contributed by atoms with E-state index in [4.69, 9.17) is 4.42 Å². The fraction of sp³-hybridized carbons (Fsp3) is 0.136. The number of benzene rings is 2. The Kier molecular flexibility index (Phi) is 3.98. The quantitative estimate of drug-likeness (QED) is 0.485. The van der Waals surface area contributed by atoms with Gasteiger partial charge < -0.3 is 4.42 Å². The summed E-state index contributed by atoms with van der Waals surface area (Å²) in [5, 5.41) is 6.67. The van der Waals surface area contributed by atoms with Crippen LogP contribution < -0.4 is 5.43 Å². The summed E-state index contributed by atoms with van der Waals surface area (Å²) in [6.07, 6.45) is 8.69. The van der Waals surface area contributed by atoms with Gasteiger partial charge in [-0.25, -0.2) is 0 Å². The number of hydrogen-bond acceptors (Lipinski definition) is 3. The molecule has 2 aromatic carbocycles.